The van der Waals surface area contributed by atoms with Gasteiger partial charge in [0.2, 0.25) is 0 Å². The summed E-state index contributed by atoms with van der Waals surface area (Å²) in [5.74, 6) is -0.467. The Bertz CT molecular complexity index is 766. The van der Waals surface area contributed by atoms with Crippen LogP contribution in [-0.4, -0.2) is 27.8 Å². The Balaban J connectivity index is 1.90. The Hall–Kier alpha value is -2.60. The van der Waals surface area contributed by atoms with Gasteiger partial charge in [-0.1, -0.05) is 23.7 Å². The molecule has 6 nitrogen and oxygen atoms in total. The molecule has 2 aromatic rings. The first-order valence-corrected chi connectivity index (χ1v) is 8.23. The molecule has 7 heteroatoms. The summed E-state index contributed by atoms with van der Waals surface area (Å²) in [6.45, 7) is 5.42. The average Bonchev–Trinajstić information content (AvgIpc) is 3.02. The Kier molecular flexibility index (Phi) is 6.36. The first kappa shape index (κ1) is 18.7. The zero-order valence-electron chi connectivity index (χ0n) is 14.3. The van der Waals surface area contributed by atoms with Crippen LogP contribution in [0.5, 0.6) is 0 Å². The van der Waals surface area contributed by atoms with Crippen molar-refractivity contribution >= 4 is 35.4 Å². The number of hydrogen-bond donors (Lipinski definition) is 1. The topological polar surface area (TPSA) is 73.2 Å². The van der Waals surface area contributed by atoms with Crippen molar-refractivity contribution in [1.82, 2.24) is 9.78 Å². The number of amides is 1. The highest BCUT2D eigenvalue weighted by atomic mass is 35.5. The Morgan fingerprint density at radius 1 is 1.20 bits per heavy atom. The van der Waals surface area contributed by atoms with Crippen LogP contribution in [0.15, 0.2) is 42.6 Å². The van der Waals surface area contributed by atoms with Gasteiger partial charge < -0.3 is 10.1 Å². The van der Waals surface area contributed by atoms with E-state index in [4.69, 9.17) is 16.3 Å². The number of ether oxygens (including phenoxy) is 1. The van der Waals surface area contributed by atoms with Crippen molar-refractivity contribution in [3.05, 3.63) is 53.2 Å². The number of rotatable bonds is 6. The lowest BCUT2D eigenvalue weighted by molar-refractivity contribution is -0.148. The van der Waals surface area contributed by atoms with Crippen molar-refractivity contribution in [3.8, 4) is 0 Å². The second-order valence-corrected chi connectivity index (χ2v) is 6.14. The molecule has 1 aromatic heterocycles. The van der Waals surface area contributed by atoms with E-state index in [0.717, 1.165) is 5.56 Å². The summed E-state index contributed by atoms with van der Waals surface area (Å²) in [5.41, 5.74) is 0.805. The molecule has 0 fully saturated rings. The second kappa shape index (κ2) is 8.48. The van der Waals surface area contributed by atoms with Crippen LogP contribution in [-0.2, 0) is 14.3 Å². The third-order valence-corrected chi connectivity index (χ3v) is 3.61. The van der Waals surface area contributed by atoms with Gasteiger partial charge in [0.05, 0.1) is 6.20 Å². The predicted octanol–water partition coefficient (Wildman–Crippen LogP) is 3.70. The van der Waals surface area contributed by atoms with Gasteiger partial charge in [0.25, 0.3) is 5.91 Å². The maximum atomic E-state index is 12.2. The van der Waals surface area contributed by atoms with Gasteiger partial charge in [-0.2, -0.15) is 5.10 Å². The van der Waals surface area contributed by atoms with Crippen LogP contribution in [0.4, 0.5) is 5.82 Å². The van der Waals surface area contributed by atoms with E-state index in [2.05, 4.69) is 10.4 Å². The second-order valence-electron chi connectivity index (χ2n) is 5.71. The molecule has 132 valence electrons. The molecule has 0 saturated heterocycles. The molecule has 0 aliphatic rings. The van der Waals surface area contributed by atoms with Gasteiger partial charge in [-0.15, -0.1) is 0 Å². The van der Waals surface area contributed by atoms with Crippen molar-refractivity contribution in [3.63, 3.8) is 0 Å². The number of hydrogen-bond acceptors (Lipinski definition) is 4. The minimum absolute atomic E-state index is 0.102. The van der Waals surface area contributed by atoms with Crippen LogP contribution in [0.3, 0.4) is 0 Å². The van der Waals surface area contributed by atoms with Gasteiger partial charge >= 0.3 is 5.97 Å². The van der Waals surface area contributed by atoms with Crippen molar-refractivity contribution in [2.45, 2.75) is 32.9 Å². The molecule has 1 atom stereocenters. The molecular weight excluding hydrogens is 342 g/mol. The lowest BCUT2D eigenvalue weighted by Crippen LogP contribution is -2.30. The van der Waals surface area contributed by atoms with E-state index in [1.165, 1.54) is 13.0 Å². The molecule has 1 N–H and O–H groups in total. The Morgan fingerprint density at radius 2 is 1.88 bits per heavy atom. The van der Waals surface area contributed by atoms with Crippen molar-refractivity contribution < 1.29 is 14.3 Å². The van der Waals surface area contributed by atoms with Crippen molar-refractivity contribution in [2.24, 2.45) is 0 Å². The van der Waals surface area contributed by atoms with Crippen LogP contribution >= 0.6 is 11.6 Å². The fourth-order valence-electron chi connectivity index (χ4n) is 2.06. The molecule has 0 unspecified atom stereocenters. The molecular formula is C18H20ClN3O3. The number of halogens is 1. The standard InChI is InChI=1S/C18H20ClN3O3/c1-12(2)22-16(10-11-20-22)21-18(24)13(3)25-17(23)9-6-14-4-7-15(19)8-5-14/h4-13H,1-3H3,(H,21,24)/b9-6+/t13-/m0/s1. The van der Waals surface area contributed by atoms with E-state index in [1.54, 1.807) is 47.3 Å². The fraction of sp³-hybridized carbons (Fsp3) is 0.278. The zero-order chi connectivity index (χ0) is 18.4. The van der Waals surface area contributed by atoms with Gasteiger partial charge in [-0.05, 0) is 44.5 Å². The van der Waals surface area contributed by atoms with Crippen molar-refractivity contribution in [1.29, 1.82) is 0 Å². The number of carbonyl (C=O) groups is 2. The Morgan fingerprint density at radius 3 is 2.52 bits per heavy atom. The lowest BCUT2D eigenvalue weighted by atomic mass is 10.2. The number of carbonyl (C=O) groups excluding carboxylic acids is 2. The van der Waals surface area contributed by atoms with Gasteiger partial charge in [0, 0.05) is 23.2 Å². The maximum Gasteiger partial charge on any atom is 0.331 e. The zero-order valence-corrected chi connectivity index (χ0v) is 15.0. The van der Waals surface area contributed by atoms with Crippen LogP contribution < -0.4 is 5.32 Å². The van der Waals surface area contributed by atoms with E-state index >= 15 is 0 Å². The number of benzene rings is 1. The van der Waals surface area contributed by atoms with E-state index < -0.39 is 18.0 Å². The highest BCUT2D eigenvalue weighted by Gasteiger charge is 2.18. The summed E-state index contributed by atoms with van der Waals surface area (Å²) >= 11 is 5.80. The summed E-state index contributed by atoms with van der Waals surface area (Å²) in [7, 11) is 0. The van der Waals surface area contributed by atoms with Gasteiger partial charge in [0.15, 0.2) is 6.10 Å². The largest absolute Gasteiger partial charge is 0.449 e. The summed E-state index contributed by atoms with van der Waals surface area (Å²) < 4.78 is 6.79. The van der Waals surface area contributed by atoms with Crippen LogP contribution in [0.25, 0.3) is 6.08 Å². The van der Waals surface area contributed by atoms with E-state index in [1.807, 2.05) is 13.8 Å². The molecule has 2 rings (SSSR count). The minimum Gasteiger partial charge on any atom is -0.449 e. The summed E-state index contributed by atoms with van der Waals surface area (Å²) in [5, 5.41) is 7.45. The number of esters is 1. The van der Waals surface area contributed by atoms with E-state index in [9.17, 15) is 9.59 Å². The van der Waals surface area contributed by atoms with Gasteiger partial charge in [-0.25, -0.2) is 9.48 Å². The average molecular weight is 362 g/mol. The molecule has 0 radical (unpaired) electrons. The van der Waals surface area contributed by atoms with Gasteiger partial charge in [-0.3, -0.25) is 4.79 Å². The molecule has 0 spiro atoms. The maximum absolute atomic E-state index is 12.2. The first-order chi connectivity index (χ1) is 11.9. The molecule has 0 bridgehead atoms. The number of anilines is 1. The van der Waals surface area contributed by atoms with Crippen molar-refractivity contribution in [2.75, 3.05) is 5.32 Å². The monoisotopic (exact) mass is 361 g/mol. The molecule has 0 aliphatic heterocycles. The van der Waals surface area contributed by atoms with Gasteiger partial charge in [0.1, 0.15) is 5.82 Å². The molecule has 0 saturated carbocycles. The highest BCUT2D eigenvalue weighted by molar-refractivity contribution is 6.30. The minimum atomic E-state index is -0.933. The fourth-order valence-corrected chi connectivity index (χ4v) is 2.18. The third kappa shape index (κ3) is 5.46. The molecule has 25 heavy (non-hydrogen) atoms. The van der Waals surface area contributed by atoms with Crippen LogP contribution in [0.1, 0.15) is 32.4 Å². The third-order valence-electron chi connectivity index (χ3n) is 3.35. The highest BCUT2D eigenvalue weighted by Crippen LogP contribution is 2.14. The lowest BCUT2D eigenvalue weighted by Gasteiger charge is -2.15. The number of nitrogens with one attached hydrogen (secondary N) is 1. The Labute approximate surface area is 151 Å². The predicted molar refractivity (Wildman–Crippen MR) is 97.3 cm³/mol. The number of aromatic nitrogens is 2. The molecule has 1 amide bonds. The van der Waals surface area contributed by atoms with E-state index in [0.29, 0.717) is 10.8 Å². The van der Waals surface area contributed by atoms with E-state index in [-0.39, 0.29) is 6.04 Å². The number of nitrogens with zero attached hydrogens (tertiary/aromatic N) is 2. The SMILES string of the molecule is CC(C)n1nccc1NC(=O)[C@H](C)OC(=O)/C=C/c1ccc(Cl)cc1. The molecule has 0 aliphatic carbocycles. The normalized spacial score (nSPS) is 12.4. The smallest absolute Gasteiger partial charge is 0.331 e. The quantitative estimate of drug-likeness (QED) is 0.629. The molecule has 1 aromatic carbocycles. The summed E-state index contributed by atoms with van der Waals surface area (Å²) in [4.78, 5) is 24.0. The summed E-state index contributed by atoms with van der Waals surface area (Å²) in [6.07, 6.45) is 3.53. The summed E-state index contributed by atoms with van der Waals surface area (Å²) in [6, 6.07) is 8.78. The first-order valence-electron chi connectivity index (χ1n) is 7.85. The van der Waals surface area contributed by atoms with Crippen LogP contribution in [0.2, 0.25) is 5.02 Å². The van der Waals surface area contributed by atoms with Crippen LogP contribution in [0, 0.1) is 0 Å². The molecule has 1 heterocycles.